The Kier molecular flexibility index (Phi) is 5.25. The molecule has 1 N–H and O–H groups in total. The minimum atomic E-state index is 0.0747. The Morgan fingerprint density at radius 2 is 2.00 bits per heavy atom. The van der Waals surface area contributed by atoms with Gasteiger partial charge in [0.2, 0.25) is 0 Å². The summed E-state index contributed by atoms with van der Waals surface area (Å²) in [7, 11) is 0. The molecule has 0 unspecified atom stereocenters. The minimum Gasteiger partial charge on any atom is -0.307 e. The van der Waals surface area contributed by atoms with E-state index in [1.165, 1.54) is 4.88 Å². The highest BCUT2D eigenvalue weighted by Crippen LogP contribution is 2.33. The maximum Gasteiger partial charge on any atom is 0.143 e. The van der Waals surface area contributed by atoms with Crippen LogP contribution in [-0.2, 0) is 13.0 Å². The summed E-state index contributed by atoms with van der Waals surface area (Å²) in [5, 5.41) is 5.41. The smallest absolute Gasteiger partial charge is 0.143 e. The summed E-state index contributed by atoms with van der Waals surface area (Å²) >= 11 is 13.8. The molecule has 0 saturated carbocycles. The second-order valence-corrected chi connectivity index (χ2v) is 7.76. The quantitative estimate of drug-likeness (QED) is 0.852. The van der Waals surface area contributed by atoms with Gasteiger partial charge in [0.25, 0.3) is 0 Å². The average molecular weight is 344 g/mol. The van der Waals surface area contributed by atoms with Crippen LogP contribution in [0.15, 0.2) is 12.3 Å². The highest BCUT2D eigenvalue weighted by molar-refractivity contribution is 7.15. The summed E-state index contributed by atoms with van der Waals surface area (Å²) < 4.78 is 0. The summed E-state index contributed by atoms with van der Waals surface area (Å²) in [5.74, 6) is 0. The largest absolute Gasteiger partial charge is 0.307 e. The Labute approximate surface area is 139 Å². The van der Waals surface area contributed by atoms with E-state index in [0.717, 1.165) is 23.7 Å². The number of hydrogen-bond donors (Lipinski definition) is 1. The molecule has 0 atom stereocenters. The second kappa shape index (κ2) is 6.61. The molecule has 21 heavy (non-hydrogen) atoms. The van der Waals surface area contributed by atoms with Gasteiger partial charge in [0.1, 0.15) is 10.7 Å². The molecule has 2 aromatic rings. The zero-order chi connectivity index (χ0) is 15.6. The van der Waals surface area contributed by atoms with Crippen LogP contribution in [0.2, 0.25) is 10.0 Å². The van der Waals surface area contributed by atoms with Crippen LogP contribution in [0.5, 0.6) is 0 Å². The molecule has 0 fully saturated rings. The molecule has 0 radical (unpaired) electrons. The van der Waals surface area contributed by atoms with Crippen LogP contribution < -0.4 is 5.32 Å². The first-order valence-corrected chi connectivity index (χ1v) is 8.42. The molecule has 0 spiro atoms. The van der Waals surface area contributed by atoms with Crippen LogP contribution in [0.3, 0.4) is 0 Å². The van der Waals surface area contributed by atoms with E-state index in [0.29, 0.717) is 15.7 Å². The van der Waals surface area contributed by atoms with Gasteiger partial charge in [-0.05, 0) is 33.3 Å². The molecule has 2 aromatic heterocycles. The molecule has 0 saturated heterocycles. The van der Waals surface area contributed by atoms with E-state index >= 15 is 0 Å². The fourth-order valence-electron chi connectivity index (χ4n) is 1.82. The number of pyridine rings is 1. The van der Waals surface area contributed by atoms with E-state index in [1.54, 1.807) is 23.6 Å². The molecule has 0 aliphatic heterocycles. The zero-order valence-electron chi connectivity index (χ0n) is 12.6. The molecule has 0 aromatic carbocycles. The van der Waals surface area contributed by atoms with Crippen molar-refractivity contribution in [3.05, 3.63) is 32.9 Å². The van der Waals surface area contributed by atoms with Gasteiger partial charge in [-0.3, -0.25) is 4.98 Å². The molecule has 0 aliphatic carbocycles. The van der Waals surface area contributed by atoms with Crippen molar-refractivity contribution in [3.63, 3.8) is 0 Å². The Bertz CT molecular complexity index is 632. The average Bonchev–Trinajstić information content (AvgIpc) is 2.78. The van der Waals surface area contributed by atoms with E-state index in [1.807, 2.05) is 0 Å². The van der Waals surface area contributed by atoms with E-state index in [-0.39, 0.29) is 5.54 Å². The first-order valence-electron chi connectivity index (χ1n) is 6.85. The Morgan fingerprint density at radius 1 is 1.29 bits per heavy atom. The molecule has 0 aliphatic rings. The maximum atomic E-state index is 6.22. The third-order valence-corrected chi connectivity index (χ3v) is 4.50. The first kappa shape index (κ1) is 16.7. The summed E-state index contributed by atoms with van der Waals surface area (Å²) in [6.45, 7) is 9.36. The van der Waals surface area contributed by atoms with Gasteiger partial charge in [-0.25, -0.2) is 4.98 Å². The van der Waals surface area contributed by atoms with Gasteiger partial charge in [0.05, 0.1) is 15.7 Å². The van der Waals surface area contributed by atoms with Crippen LogP contribution in [0, 0.1) is 0 Å². The van der Waals surface area contributed by atoms with Crippen LogP contribution in [0.1, 0.15) is 38.3 Å². The summed E-state index contributed by atoms with van der Waals surface area (Å²) in [6, 6.07) is 1.70. The highest BCUT2D eigenvalue weighted by atomic mass is 35.5. The summed E-state index contributed by atoms with van der Waals surface area (Å²) in [4.78, 5) is 10.2. The van der Waals surface area contributed by atoms with Crippen molar-refractivity contribution in [2.75, 3.05) is 0 Å². The number of rotatable bonds is 4. The molecule has 2 rings (SSSR count). The van der Waals surface area contributed by atoms with Gasteiger partial charge >= 0.3 is 0 Å². The number of nitrogens with one attached hydrogen (secondary N) is 1. The zero-order valence-corrected chi connectivity index (χ0v) is 15.0. The van der Waals surface area contributed by atoms with Crippen LogP contribution in [0.4, 0.5) is 0 Å². The predicted molar refractivity (Wildman–Crippen MR) is 91.3 cm³/mol. The Balaban J connectivity index is 2.31. The van der Waals surface area contributed by atoms with E-state index in [2.05, 4.69) is 43.0 Å². The molecular formula is C15H19Cl2N3S. The van der Waals surface area contributed by atoms with Gasteiger partial charge in [-0.2, -0.15) is 0 Å². The molecule has 3 nitrogen and oxygen atoms in total. The lowest BCUT2D eigenvalue weighted by Crippen LogP contribution is -2.35. The third-order valence-electron chi connectivity index (χ3n) is 2.90. The first-order chi connectivity index (χ1) is 9.80. The lowest BCUT2D eigenvalue weighted by atomic mass is 10.1. The predicted octanol–water partition coefficient (Wildman–Crippen LogP) is 4.96. The molecule has 0 amide bonds. The summed E-state index contributed by atoms with van der Waals surface area (Å²) in [5.41, 5.74) is 1.87. The van der Waals surface area contributed by atoms with Crippen molar-refractivity contribution in [1.29, 1.82) is 0 Å². The number of thiazole rings is 1. The van der Waals surface area contributed by atoms with Crippen LogP contribution in [-0.4, -0.2) is 15.5 Å². The number of hydrogen-bond acceptors (Lipinski definition) is 4. The topological polar surface area (TPSA) is 37.8 Å². The van der Waals surface area contributed by atoms with Crippen molar-refractivity contribution in [2.45, 2.75) is 46.2 Å². The monoisotopic (exact) mass is 343 g/mol. The highest BCUT2D eigenvalue weighted by Gasteiger charge is 2.17. The standard InChI is InChI=1S/C15H19Cl2N3S/c1-5-11-12(8-19-15(2,3)4)21-14(20-11)13-10(17)6-9(16)7-18-13/h6-7,19H,5,8H2,1-4H3. The molecule has 2 heterocycles. The normalized spacial score (nSPS) is 11.9. The minimum absolute atomic E-state index is 0.0747. The van der Waals surface area contributed by atoms with Gasteiger partial charge in [0.15, 0.2) is 0 Å². The van der Waals surface area contributed by atoms with Crippen molar-refractivity contribution in [2.24, 2.45) is 0 Å². The van der Waals surface area contributed by atoms with Crippen molar-refractivity contribution in [3.8, 4) is 10.7 Å². The van der Waals surface area contributed by atoms with Gasteiger partial charge in [-0.15, -0.1) is 11.3 Å². The fourth-order valence-corrected chi connectivity index (χ4v) is 3.44. The van der Waals surface area contributed by atoms with Gasteiger partial charge in [-0.1, -0.05) is 30.1 Å². The van der Waals surface area contributed by atoms with Gasteiger partial charge < -0.3 is 5.32 Å². The lowest BCUT2D eigenvalue weighted by Gasteiger charge is -2.20. The second-order valence-electron chi connectivity index (χ2n) is 5.83. The van der Waals surface area contributed by atoms with E-state index in [9.17, 15) is 0 Å². The van der Waals surface area contributed by atoms with Gasteiger partial charge in [0, 0.05) is 23.2 Å². The fraction of sp³-hybridized carbons (Fsp3) is 0.467. The number of aryl methyl sites for hydroxylation is 1. The van der Waals surface area contributed by atoms with Crippen molar-refractivity contribution < 1.29 is 0 Å². The van der Waals surface area contributed by atoms with Crippen molar-refractivity contribution >= 4 is 34.5 Å². The number of halogens is 2. The third kappa shape index (κ3) is 4.39. The molecule has 6 heteroatoms. The SMILES string of the molecule is CCc1nc(-c2ncc(Cl)cc2Cl)sc1CNC(C)(C)C. The number of nitrogens with zero attached hydrogens (tertiary/aromatic N) is 2. The number of aromatic nitrogens is 2. The van der Waals surface area contributed by atoms with Crippen LogP contribution >= 0.6 is 34.5 Å². The summed E-state index contributed by atoms with van der Waals surface area (Å²) in [6.07, 6.45) is 2.49. The Hall–Kier alpha value is -0.680. The molecule has 0 bridgehead atoms. The maximum absolute atomic E-state index is 6.22. The van der Waals surface area contributed by atoms with Crippen LogP contribution in [0.25, 0.3) is 10.7 Å². The van der Waals surface area contributed by atoms with E-state index in [4.69, 9.17) is 23.2 Å². The van der Waals surface area contributed by atoms with E-state index < -0.39 is 0 Å². The molecular weight excluding hydrogens is 325 g/mol. The Morgan fingerprint density at radius 3 is 2.57 bits per heavy atom. The lowest BCUT2D eigenvalue weighted by molar-refractivity contribution is 0.425. The van der Waals surface area contributed by atoms with Crippen molar-refractivity contribution in [1.82, 2.24) is 15.3 Å². The molecule has 114 valence electrons.